The average Bonchev–Trinajstić information content (AvgIpc) is 2.36. The number of nitrogens with two attached hydrogens (primary N) is 1. The zero-order chi connectivity index (χ0) is 8.27. The van der Waals surface area contributed by atoms with Crippen molar-refractivity contribution in [2.75, 3.05) is 7.11 Å². The third-order valence-electron chi connectivity index (χ3n) is 1.19. The summed E-state index contributed by atoms with van der Waals surface area (Å²) in [7, 11) is 1.50. The Bertz CT molecular complexity index is 256. The third-order valence-corrected chi connectivity index (χ3v) is 1.19. The van der Waals surface area contributed by atoms with Crippen LogP contribution >= 0.6 is 0 Å². The van der Waals surface area contributed by atoms with Crippen molar-refractivity contribution in [1.29, 1.82) is 0 Å². The van der Waals surface area contributed by atoms with Crippen LogP contribution in [-0.2, 0) is 11.3 Å². The van der Waals surface area contributed by atoms with Crippen molar-refractivity contribution in [2.24, 2.45) is 5.73 Å². The Hall–Kier alpha value is -1.36. The molecule has 0 aliphatic carbocycles. The number of rotatable bonds is 3. The highest BCUT2D eigenvalue weighted by Gasteiger charge is 2.11. The molecule has 0 spiro atoms. The molecule has 60 valence electrons. The molecule has 0 aliphatic rings. The minimum absolute atomic E-state index is 0.231. The fraction of sp³-hybridized carbons (Fsp3) is 0.333. The molecule has 0 aliphatic heterocycles. The van der Waals surface area contributed by atoms with E-state index in [-0.39, 0.29) is 12.2 Å². The van der Waals surface area contributed by atoms with E-state index < -0.39 is 5.91 Å². The topological polar surface area (TPSA) is 78.3 Å². The minimum atomic E-state index is -0.557. The number of carbonyl (C=O) groups excluding carboxylic acids is 1. The predicted octanol–water partition coefficient (Wildman–Crippen LogP) is -0.0801. The van der Waals surface area contributed by atoms with Crippen molar-refractivity contribution >= 4 is 5.91 Å². The lowest BCUT2D eigenvalue weighted by Gasteiger charge is -1.93. The zero-order valence-corrected chi connectivity index (χ0v) is 6.03. The van der Waals surface area contributed by atoms with Crippen LogP contribution < -0.4 is 5.73 Å². The van der Waals surface area contributed by atoms with E-state index in [9.17, 15) is 4.79 Å². The fourth-order valence-electron chi connectivity index (χ4n) is 0.701. The number of hydrogen-bond acceptors (Lipinski definition) is 4. The van der Waals surface area contributed by atoms with Gasteiger partial charge in [0, 0.05) is 7.11 Å². The van der Waals surface area contributed by atoms with Gasteiger partial charge in [-0.15, -0.1) is 0 Å². The molecule has 0 aromatic carbocycles. The summed E-state index contributed by atoms with van der Waals surface area (Å²) in [5, 5.41) is 3.53. The highest BCUT2D eigenvalue weighted by atomic mass is 16.5. The van der Waals surface area contributed by atoms with Crippen LogP contribution in [0.1, 0.15) is 16.1 Å². The molecule has 11 heavy (non-hydrogen) atoms. The van der Waals surface area contributed by atoms with Gasteiger partial charge in [-0.3, -0.25) is 4.79 Å². The average molecular weight is 156 g/mol. The van der Waals surface area contributed by atoms with Crippen LogP contribution in [0.2, 0.25) is 0 Å². The molecule has 0 atom stereocenters. The van der Waals surface area contributed by atoms with Crippen molar-refractivity contribution < 1.29 is 14.1 Å². The minimum Gasteiger partial charge on any atom is -0.378 e. The third kappa shape index (κ3) is 1.56. The van der Waals surface area contributed by atoms with Gasteiger partial charge in [-0.2, -0.15) is 0 Å². The largest absolute Gasteiger partial charge is 0.378 e. The van der Waals surface area contributed by atoms with Gasteiger partial charge in [-0.25, -0.2) is 0 Å². The number of carbonyl (C=O) groups is 1. The number of nitrogens with zero attached hydrogens (tertiary/aromatic N) is 1. The van der Waals surface area contributed by atoms with Gasteiger partial charge < -0.3 is 15.0 Å². The molecule has 1 amide bonds. The smallest absolute Gasteiger partial charge is 0.254 e. The van der Waals surface area contributed by atoms with E-state index >= 15 is 0 Å². The lowest BCUT2D eigenvalue weighted by atomic mass is 10.2. The van der Waals surface area contributed by atoms with E-state index in [0.29, 0.717) is 5.69 Å². The van der Waals surface area contributed by atoms with Crippen LogP contribution in [0.25, 0.3) is 0 Å². The van der Waals surface area contributed by atoms with Crippen molar-refractivity contribution in [2.45, 2.75) is 6.61 Å². The number of hydrogen-bond donors (Lipinski definition) is 1. The van der Waals surface area contributed by atoms with Gasteiger partial charge in [0.2, 0.25) is 0 Å². The molecule has 0 radical (unpaired) electrons. The van der Waals surface area contributed by atoms with Crippen molar-refractivity contribution in [3.8, 4) is 0 Å². The van der Waals surface area contributed by atoms with Crippen molar-refractivity contribution in [3.63, 3.8) is 0 Å². The quantitative estimate of drug-likeness (QED) is 0.663. The van der Waals surface area contributed by atoms with E-state index in [1.165, 1.54) is 13.4 Å². The predicted molar refractivity (Wildman–Crippen MR) is 35.7 cm³/mol. The van der Waals surface area contributed by atoms with Crippen LogP contribution in [0.15, 0.2) is 10.8 Å². The SMILES string of the molecule is COCc1nocc1C(N)=O. The molecule has 0 saturated carbocycles. The number of ether oxygens (including phenoxy) is 1. The maximum absolute atomic E-state index is 10.6. The Morgan fingerprint density at radius 3 is 3.18 bits per heavy atom. The second-order valence-corrected chi connectivity index (χ2v) is 1.97. The van der Waals surface area contributed by atoms with Gasteiger partial charge in [0.25, 0.3) is 5.91 Å². The summed E-state index contributed by atoms with van der Waals surface area (Å²) in [5.41, 5.74) is 5.70. The first-order valence-corrected chi connectivity index (χ1v) is 2.97. The van der Waals surface area contributed by atoms with Crippen molar-refractivity contribution in [3.05, 3.63) is 17.5 Å². The maximum Gasteiger partial charge on any atom is 0.254 e. The summed E-state index contributed by atoms with van der Waals surface area (Å²) < 4.78 is 9.28. The van der Waals surface area contributed by atoms with E-state index in [4.69, 9.17) is 10.5 Å². The zero-order valence-electron chi connectivity index (χ0n) is 6.03. The molecule has 5 heteroatoms. The molecule has 1 heterocycles. The maximum atomic E-state index is 10.6. The van der Waals surface area contributed by atoms with Gasteiger partial charge in [0.1, 0.15) is 17.5 Å². The molecule has 0 fully saturated rings. The molecule has 2 N–H and O–H groups in total. The molecule has 5 nitrogen and oxygen atoms in total. The summed E-state index contributed by atoms with van der Waals surface area (Å²) in [4.78, 5) is 10.6. The van der Waals surface area contributed by atoms with Gasteiger partial charge >= 0.3 is 0 Å². The lowest BCUT2D eigenvalue weighted by Crippen LogP contribution is -2.12. The number of methoxy groups -OCH3 is 1. The summed E-state index contributed by atoms with van der Waals surface area (Å²) in [6.07, 6.45) is 1.21. The summed E-state index contributed by atoms with van der Waals surface area (Å²) in [6, 6.07) is 0. The number of amides is 1. The van der Waals surface area contributed by atoms with Gasteiger partial charge in [0.05, 0.1) is 6.61 Å². The first-order chi connectivity index (χ1) is 5.25. The van der Waals surface area contributed by atoms with Crippen LogP contribution in [0.5, 0.6) is 0 Å². The molecular formula is C6H8N2O3. The summed E-state index contributed by atoms with van der Waals surface area (Å²) in [5.74, 6) is -0.557. The first kappa shape index (κ1) is 7.74. The Labute approximate surface area is 63.1 Å². The fourth-order valence-corrected chi connectivity index (χ4v) is 0.701. The second kappa shape index (κ2) is 3.16. The van der Waals surface area contributed by atoms with E-state index in [1.54, 1.807) is 0 Å². The monoisotopic (exact) mass is 156 g/mol. The Morgan fingerprint density at radius 1 is 1.91 bits per heavy atom. The molecule has 1 aromatic rings. The molecule has 0 saturated heterocycles. The van der Waals surface area contributed by atoms with Crippen LogP contribution in [-0.4, -0.2) is 18.2 Å². The van der Waals surface area contributed by atoms with E-state index in [2.05, 4.69) is 9.68 Å². The highest BCUT2D eigenvalue weighted by Crippen LogP contribution is 2.05. The first-order valence-electron chi connectivity index (χ1n) is 2.97. The molecule has 0 unspecified atom stereocenters. The van der Waals surface area contributed by atoms with E-state index in [0.717, 1.165) is 0 Å². The lowest BCUT2D eigenvalue weighted by molar-refractivity contribution is 0.0995. The van der Waals surface area contributed by atoms with Gasteiger partial charge in [-0.1, -0.05) is 5.16 Å². The Morgan fingerprint density at radius 2 is 2.64 bits per heavy atom. The van der Waals surface area contributed by atoms with Crippen LogP contribution in [0, 0.1) is 0 Å². The molecular weight excluding hydrogens is 148 g/mol. The Kier molecular flexibility index (Phi) is 2.22. The number of aromatic nitrogens is 1. The van der Waals surface area contributed by atoms with Crippen LogP contribution in [0.4, 0.5) is 0 Å². The summed E-state index contributed by atoms with van der Waals surface area (Å²) >= 11 is 0. The van der Waals surface area contributed by atoms with Crippen LogP contribution in [0.3, 0.4) is 0 Å². The van der Waals surface area contributed by atoms with Gasteiger partial charge in [-0.05, 0) is 0 Å². The highest BCUT2D eigenvalue weighted by molar-refractivity contribution is 5.93. The second-order valence-electron chi connectivity index (χ2n) is 1.97. The Balaban J connectivity index is 2.87. The molecule has 1 aromatic heterocycles. The molecule has 0 bridgehead atoms. The molecule has 1 rings (SSSR count). The normalized spacial score (nSPS) is 9.91. The van der Waals surface area contributed by atoms with E-state index in [1.807, 2.05) is 0 Å². The summed E-state index contributed by atoms with van der Waals surface area (Å²) in [6.45, 7) is 0.231. The van der Waals surface area contributed by atoms with Gasteiger partial charge in [0.15, 0.2) is 0 Å². The number of primary amides is 1. The standard InChI is InChI=1S/C6H8N2O3/c1-10-3-5-4(6(7)9)2-11-8-5/h2H,3H2,1H3,(H2,7,9). The van der Waals surface area contributed by atoms with Crippen molar-refractivity contribution in [1.82, 2.24) is 5.16 Å².